The van der Waals surface area contributed by atoms with E-state index in [0.29, 0.717) is 27.8 Å². The fraction of sp³-hybridized carbons (Fsp3) is 0.474. The van der Waals surface area contributed by atoms with Gasteiger partial charge in [0.15, 0.2) is 5.69 Å². The van der Waals surface area contributed by atoms with Crippen molar-refractivity contribution in [2.75, 3.05) is 6.61 Å². The van der Waals surface area contributed by atoms with E-state index in [-0.39, 0.29) is 0 Å². The zero-order valence-electron chi connectivity index (χ0n) is 14.5. The van der Waals surface area contributed by atoms with Crippen molar-refractivity contribution in [2.45, 2.75) is 51.9 Å². The Hall–Kier alpha value is -1.33. The van der Waals surface area contributed by atoms with Crippen molar-refractivity contribution in [1.29, 1.82) is 0 Å². The highest BCUT2D eigenvalue weighted by atomic mass is 79.9. The van der Waals surface area contributed by atoms with Crippen LogP contribution in [0.25, 0.3) is 5.69 Å². The van der Waals surface area contributed by atoms with Gasteiger partial charge in [0.05, 0.1) is 12.3 Å². The topological polar surface area (TPSA) is 44.1 Å². The van der Waals surface area contributed by atoms with Crippen LogP contribution in [0.3, 0.4) is 0 Å². The SMILES string of the molecule is CCOC(=O)c1nc(C2CCCCC2)n(-c2cc(Cl)ccc2C)c1Br. The average Bonchev–Trinajstić information content (AvgIpc) is 2.95. The Morgan fingerprint density at radius 1 is 1.36 bits per heavy atom. The van der Waals surface area contributed by atoms with Gasteiger partial charge in [-0.1, -0.05) is 36.9 Å². The highest BCUT2D eigenvalue weighted by Crippen LogP contribution is 2.37. The number of hydrogen-bond acceptors (Lipinski definition) is 3. The van der Waals surface area contributed by atoms with Crippen molar-refractivity contribution in [1.82, 2.24) is 9.55 Å². The van der Waals surface area contributed by atoms with Crippen molar-refractivity contribution < 1.29 is 9.53 Å². The Morgan fingerprint density at radius 3 is 2.76 bits per heavy atom. The molecule has 0 N–H and O–H groups in total. The van der Waals surface area contributed by atoms with Crippen LogP contribution in [-0.2, 0) is 4.74 Å². The zero-order valence-corrected chi connectivity index (χ0v) is 16.9. The smallest absolute Gasteiger partial charge is 0.359 e. The van der Waals surface area contributed by atoms with Crippen molar-refractivity contribution >= 4 is 33.5 Å². The summed E-state index contributed by atoms with van der Waals surface area (Å²) in [4.78, 5) is 17.0. The molecule has 6 heteroatoms. The number of benzene rings is 1. The van der Waals surface area contributed by atoms with Crippen LogP contribution in [-0.4, -0.2) is 22.1 Å². The normalized spacial score (nSPS) is 15.4. The number of aromatic nitrogens is 2. The molecule has 1 aromatic heterocycles. The van der Waals surface area contributed by atoms with Gasteiger partial charge in [-0.05, 0) is 60.3 Å². The summed E-state index contributed by atoms with van der Waals surface area (Å²) < 4.78 is 7.85. The highest BCUT2D eigenvalue weighted by Gasteiger charge is 2.28. The number of ether oxygens (including phenoxy) is 1. The summed E-state index contributed by atoms with van der Waals surface area (Å²) in [7, 11) is 0. The molecule has 0 radical (unpaired) electrons. The molecule has 1 saturated carbocycles. The van der Waals surface area contributed by atoms with Gasteiger partial charge in [-0.3, -0.25) is 4.57 Å². The summed E-state index contributed by atoms with van der Waals surface area (Å²) >= 11 is 9.83. The van der Waals surface area contributed by atoms with Crippen LogP contribution in [0.15, 0.2) is 22.8 Å². The highest BCUT2D eigenvalue weighted by molar-refractivity contribution is 9.10. The van der Waals surface area contributed by atoms with Crippen LogP contribution in [0.2, 0.25) is 5.02 Å². The first-order valence-electron chi connectivity index (χ1n) is 8.74. The second-order valence-corrected chi connectivity index (χ2v) is 7.62. The quantitative estimate of drug-likeness (QED) is 0.580. The Bertz CT molecular complexity index is 782. The predicted molar refractivity (Wildman–Crippen MR) is 103 cm³/mol. The molecule has 0 bridgehead atoms. The van der Waals surface area contributed by atoms with E-state index >= 15 is 0 Å². The number of nitrogens with zero attached hydrogens (tertiary/aromatic N) is 2. The lowest BCUT2D eigenvalue weighted by molar-refractivity contribution is 0.0518. The number of rotatable bonds is 4. The number of hydrogen-bond donors (Lipinski definition) is 0. The summed E-state index contributed by atoms with van der Waals surface area (Å²) in [5.41, 5.74) is 2.36. The number of halogens is 2. The molecule has 0 unspecified atom stereocenters. The van der Waals surface area contributed by atoms with Gasteiger partial charge in [-0.25, -0.2) is 9.78 Å². The summed E-state index contributed by atoms with van der Waals surface area (Å²) in [5, 5.41) is 0.661. The molecule has 134 valence electrons. The van der Waals surface area contributed by atoms with Crippen LogP contribution in [0.1, 0.15) is 66.8 Å². The molecule has 3 rings (SSSR count). The maximum absolute atomic E-state index is 12.3. The molecule has 1 fully saturated rings. The van der Waals surface area contributed by atoms with E-state index in [2.05, 4.69) is 15.9 Å². The Labute approximate surface area is 161 Å². The molecule has 1 aliphatic rings. The number of esters is 1. The van der Waals surface area contributed by atoms with E-state index in [1.165, 1.54) is 19.3 Å². The van der Waals surface area contributed by atoms with E-state index in [4.69, 9.17) is 21.3 Å². The van der Waals surface area contributed by atoms with Gasteiger partial charge in [-0.15, -0.1) is 0 Å². The summed E-state index contributed by atoms with van der Waals surface area (Å²) in [6, 6.07) is 5.78. The molecule has 1 aliphatic carbocycles. The average molecular weight is 426 g/mol. The molecule has 0 spiro atoms. The summed E-state index contributed by atoms with van der Waals surface area (Å²) in [5.74, 6) is 0.858. The standard InChI is InChI=1S/C19H22BrClN2O2/c1-3-25-19(24)16-17(20)23(15-11-14(21)10-9-12(15)2)18(22-16)13-7-5-4-6-8-13/h9-11,13H,3-8H2,1-2H3. The van der Waals surface area contributed by atoms with Crippen LogP contribution in [0.4, 0.5) is 0 Å². The van der Waals surface area contributed by atoms with E-state index in [1.54, 1.807) is 6.92 Å². The van der Waals surface area contributed by atoms with Gasteiger partial charge in [0.2, 0.25) is 0 Å². The third-order valence-electron chi connectivity index (χ3n) is 4.70. The lowest BCUT2D eigenvalue weighted by atomic mass is 9.88. The predicted octanol–water partition coefficient (Wildman–Crippen LogP) is 5.82. The first kappa shape index (κ1) is 18.5. The van der Waals surface area contributed by atoms with Gasteiger partial charge in [0, 0.05) is 10.9 Å². The van der Waals surface area contributed by atoms with Crippen LogP contribution < -0.4 is 0 Å². The van der Waals surface area contributed by atoms with Crippen molar-refractivity contribution in [3.8, 4) is 5.69 Å². The van der Waals surface area contributed by atoms with Crippen LogP contribution in [0.5, 0.6) is 0 Å². The van der Waals surface area contributed by atoms with Gasteiger partial charge in [-0.2, -0.15) is 0 Å². The second-order valence-electron chi connectivity index (χ2n) is 6.43. The van der Waals surface area contributed by atoms with Crippen LogP contribution in [0, 0.1) is 6.92 Å². The lowest BCUT2D eigenvalue weighted by Gasteiger charge is -2.23. The van der Waals surface area contributed by atoms with Crippen molar-refractivity contribution in [3.05, 3.63) is 44.9 Å². The first-order chi connectivity index (χ1) is 12.0. The third kappa shape index (κ3) is 3.77. The van der Waals surface area contributed by atoms with E-state index < -0.39 is 5.97 Å². The largest absolute Gasteiger partial charge is 0.461 e. The number of aryl methyl sites for hydroxylation is 1. The minimum atomic E-state index is -0.398. The molecule has 1 aromatic carbocycles. The fourth-order valence-corrected chi connectivity index (χ4v) is 4.22. The zero-order chi connectivity index (χ0) is 18.0. The molecule has 0 amide bonds. The van der Waals surface area contributed by atoms with Crippen molar-refractivity contribution in [2.24, 2.45) is 0 Å². The fourth-order valence-electron chi connectivity index (χ4n) is 3.43. The summed E-state index contributed by atoms with van der Waals surface area (Å²) in [6.45, 7) is 4.16. The molecule has 0 aliphatic heterocycles. The van der Waals surface area contributed by atoms with Crippen molar-refractivity contribution in [3.63, 3.8) is 0 Å². The minimum absolute atomic E-state index is 0.326. The molecule has 1 heterocycles. The van der Waals surface area contributed by atoms with E-state index in [0.717, 1.165) is 29.9 Å². The van der Waals surface area contributed by atoms with Gasteiger partial charge in [0.1, 0.15) is 10.4 Å². The summed E-state index contributed by atoms with van der Waals surface area (Å²) in [6.07, 6.45) is 5.83. The Morgan fingerprint density at radius 2 is 2.08 bits per heavy atom. The van der Waals surface area contributed by atoms with Crippen LogP contribution >= 0.6 is 27.5 Å². The molecular formula is C19H22BrClN2O2. The maximum atomic E-state index is 12.3. The minimum Gasteiger partial charge on any atom is -0.461 e. The molecule has 25 heavy (non-hydrogen) atoms. The second kappa shape index (κ2) is 7.92. The third-order valence-corrected chi connectivity index (χ3v) is 5.66. The lowest BCUT2D eigenvalue weighted by Crippen LogP contribution is -2.12. The Balaban J connectivity index is 2.16. The number of imidazole rings is 1. The molecule has 2 aromatic rings. The molecule has 0 saturated heterocycles. The molecule has 0 atom stereocenters. The van der Waals surface area contributed by atoms with E-state index in [1.807, 2.05) is 29.7 Å². The molecular weight excluding hydrogens is 404 g/mol. The monoisotopic (exact) mass is 424 g/mol. The number of carbonyl (C=O) groups is 1. The molecule has 4 nitrogen and oxygen atoms in total. The van der Waals surface area contributed by atoms with E-state index in [9.17, 15) is 4.79 Å². The number of carbonyl (C=O) groups excluding carboxylic acids is 1. The first-order valence-corrected chi connectivity index (χ1v) is 9.91. The van der Waals surface area contributed by atoms with Gasteiger partial charge >= 0.3 is 5.97 Å². The maximum Gasteiger partial charge on any atom is 0.359 e. The Kier molecular flexibility index (Phi) is 5.85. The van der Waals surface area contributed by atoms with Gasteiger partial charge in [0.25, 0.3) is 0 Å². The van der Waals surface area contributed by atoms with Gasteiger partial charge < -0.3 is 4.74 Å².